The van der Waals surface area contributed by atoms with Crippen molar-refractivity contribution >= 4 is 31.7 Å². The van der Waals surface area contributed by atoms with E-state index >= 15 is 0 Å². The molecule has 2 aromatic carbocycles. The summed E-state index contributed by atoms with van der Waals surface area (Å²) in [6.07, 6.45) is -3.83. The zero-order valence-corrected chi connectivity index (χ0v) is 23.0. The van der Waals surface area contributed by atoms with E-state index in [4.69, 9.17) is 0 Å². The van der Waals surface area contributed by atoms with Gasteiger partial charge in [0.15, 0.2) is 15.5 Å². The number of likely N-dealkylation sites (tertiary alicyclic amines) is 1. The number of aromatic nitrogens is 2. The highest BCUT2D eigenvalue weighted by molar-refractivity contribution is 9.10. The molecular weight excluding hydrogens is 571 g/mol. The van der Waals surface area contributed by atoms with Gasteiger partial charge in [0.1, 0.15) is 0 Å². The monoisotopic (exact) mass is 597 g/mol. The van der Waals surface area contributed by atoms with Crippen molar-refractivity contribution in [3.63, 3.8) is 0 Å². The van der Waals surface area contributed by atoms with Gasteiger partial charge in [-0.2, -0.15) is 18.3 Å². The van der Waals surface area contributed by atoms with Crippen LogP contribution in [-0.4, -0.2) is 46.8 Å². The fraction of sp³-hybridized carbons (Fsp3) is 0.385. The highest BCUT2D eigenvalue weighted by Gasteiger charge is 2.45. The summed E-state index contributed by atoms with van der Waals surface area (Å²) < 4.78 is 67.6. The molecule has 6 nitrogen and oxygen atoms in total. The molecule has 1 amide bonds. The first-order chi connectivity index (χ1) is 17.2. The van der Waals surface area contributed by atoms with Crippen LogP contribution in [0, 0.1) is 12.8 Å². The lowest BCUT2D eigenvalue weighted by Gasteiger charge is -2.40. The van der Waals surface area contributed by atoms with Crippen LogP contribution in [0.5, 0.6) is 0 Å². The van der Waals surface area contributed by atoms with Crippen molar-refractivity contribution in [2.24, 2.45) is 5.92 Å². The second-order valence-electron chi connectivity index (χ2n) is 9.76. The van der Waals surface area contributed by atoms with Crippen LogP contribution in [0.3, 0.4) is 0 Å². The molecule has 1 aromatic heterocycles. The summed E-state index contributed by atoms with van der Waals surface area (Å²) in [5, 5.41) is 4.49. The van der Waals surface area contributed by atoms with Gasteiger partial charge in [-0.3, -0.25) is 4.79 Å². The molecule has 0 spiro atoms. The Morgan fingerprint density at radius 3 is 2.30 bits per heavy atom. The van der Waals surface area contributed by atoms with Crippen molar-refractivity contribution in [2.75, 3.05) is 13.1 Å². The molecule has 1 aliphatic rings. The highest BCUT2D eigenvalue weighted by atomic mass is 79.9. The summed E-state index contributed by atoms with van der Waals surface area (Å²) >= 11 is 3.44. The maximum absolute atomic E-state index is 13.4. The van der Waals surface area contributed by atoms with Gasteiger partial charge in [0.05, 0.1) is 20.9 Å². The number of hydrogen-bond acceptors (Lipinski definition) is 4. The van der Waals surface area contributed by atoms with Gasteiger partial charge in [0.2, 0.25) is 0 Å². The highest BCUT2D eigenvalue weighted by Crippen LogP contribution is 2.39. The van der Waals surface area contributed by atoms with E-state index in [-0.39, 0.29) is 16.7 Å². The molecule has 0 aliphatic carbocycles. The summed E-state index contributed by atoms with van der Waals surface area (Å²) in [7, 11) is -4.07. The van der Waals surface area contributed by atoms with Crippen molar-refractivity contribution in [1.82, 2.24) is 14.7 Å². The molecule has 0 unspecified atom stereocenters. The molecule has 4 rings (SSSR count). The van der Waals surface area contributed by atoms with Crippen molar-refractivity contribution in [1.29, 1.82) is 0 Å². The van der Waals surface area contributed by atoms with Crippen molar-refractivity contribution in [3.8, 4) is 5.69 Å². The van der Waals surface area contributed by atoms with E-state index in [9.17, 15) is 26.4 Å². The van der Waals surface area contributed by atoms with Crippen LogP contribution in [0.25, 0.3) is 5.69 Å². The molecular formula is C26H27BrF3N3O3S. The third kappa shape index (κ3) is 5.34. The summed E-state index contributed by atoms with van der Waals surface area (Å²) in [5.41, 5.74) is 0.907. The largest absolute Gasteiger partial charge is 0.416 e. The predicted octanol–water partition coefficient (Wildman–Crippen LogP) is 6.07. The number of piperidine rings is 1. The zero-order valence-electron chi connectivity index (χ0n) is 20.6. The predicted molar refractivity (Wildman–Crippen MR) is 137 cm³/mol. The average molecular weight is 598 g/mol. The molecule has 0 bridgehead atoms. The minimum atomic E-state index is -4.64. The molecule has 1 aliphatic heterocycles. The van der Waals surface area contributed by atoms with E-state index in [1.54, 1.807) is 29.5 Å². The van der Waals surface area contributed by atoms with E-state index in [0.717, 1.165) is 28.0 Å². The molecule has 0 N–H and O–H groups in total. The number of alkyl halides is 3. The van der Waals surface area contributed by atoms with Gasteiger partial charge in [-0.1, -0.05) is 28.1 Å². The first-order valence-electron chi connectivity index (χ1n) is 11.8. The Labute approximate surface area is 222 Å². The molecule has 0 saturated carbocycles. The minimum absolute atomic E-state index is 0.242. The minimum Gasteiger partial charge on any atom is -0.337 e. The standard InChI is InChI=1S/C26H27BrF3N3O3S/c1-17-14-23(31-33(17)21-8-5-7-20(27)16-21)24(34)32-12-10-18(11-13-32)25(2,3)37(35,36)22-9-4-6-19(15-22)26(28,29)30/h4-9,14-16,18H,10-13H2,1-3H3. The lowest BCUT2D eigenvalue weighted by molar-refractivity contribution is -0.137. The van der Waals surface area contributed by atoms with E-state index < -0.39 is 26.3 Å². The third-order valence-electron chi connectivity index (χ3n) is 7.09. The van der Waals surface area contributed by atoms with Crippen LogP contribution in [-0.2, 0) is 16.0 Å². The maximum atomic E-state index is 13.4. The molecule has 198 valence electrons. The number of amides is 1. The second-order valence-corrected chi connectivity index (χ2v) is 13.2. The Kier molecular flexibility index (Phi) is 7.33. The first kappa shape index (κ1) is 27.4. The normalized spacial score (nSPS) is 15.7. The van der Waals surface area contributed by atoms with Crippen LogP contribution >= 0.6 is 15.9 Å². The van der Waals surface area contributed by atoms with Crippen LogP contribution in [0.2, 0.25) is 0 Å². The first-order valence-corrected chi connectivity index (χ1v) is 14.0. The number of aryl methyl sites for hydroxylation is 1. The summed E-state index contributed by atoms with van der Waals surface area (Å²) in [5.74, 6) is -0.578. The van der Waals surface area contributed by atoms with Crippen molar-refractivity contribution < 1.29 is 26.4 Å². The Hall–Kier alpha value is -2.66. The number of benzene rings is 2. The van der Waals surface area contributed by atoms with Crippen molar-refractivity contribution in [2.45, 2.75) is 49.4 Å². The van der Waals surface area contributed by atoms with Gasteiger partial charge in [-0.25, -0.2) is 13.1 Å². The van der Waals surface area contributed by atoms with Crippen molar-refractivity contribution in [3.05, 3.63) is 76.0 Å². The Morgan fingerprint density at radius 2 is 1.68 bits per heavy atom. The Morgan fingerprint density at radius 1 is 1.03 bits per heavy atom. The molecule has 2 heterocycles. The number of nitrogens with zero attached hydrogens (tertiary/aromatic N) is 3. The number of hydrogen-bond donors (Lipinski definition) is 0. The number of carbonyl (C=O) groups excluding carboxylic acids is 1. The van der Waals surface area contributed by atoms with Crippen LogP contribution < -0.4 is 0 Å². The smallest absolute Gasteiger partial charge is 0.337 e. The number of halogens is 4. The van der Waals surface area contributed by atoms with E-state index in [1.165, 1.54) is 6.07 Å². The lowest BCUT2D eigenvalue weighted by Crippen LogP contribution is -2.47. The van der Waals surface area contributed by atoms with E-state index in [0.29, 0.717) is 37.7 Å². The Balaban J connectivity index is 1.48. The molecule has 11 heteroatoms. The summed E-state index contributed by atoms with van der Waals surface area (Å²) in [6, 6.07) is 13.1. The molecule has 1 saturated heterocycles. The van der Waals surface area contributed by atoms with Gasteiger partial charge in [-0.15, -0.1) is 0 Å². The maximum Gasteiger partial charge on any atom is 0.416 e. The average Bonchev–Trinajstić information content (AvgIpc) is 3.24. The number of carbonyl (C=O) groups is 1. The van der Waals surface area contributed by atoms with Gasteiger partial charge < -0.3 is 4.90 Å². The topological polar surface area (TPSA) is 72.3 Å². The fourth-order valence-electron chi connectivity index (χ4n) is 4.75. The van der Waals surface area contributed by atoms with E-state index in [1.807, 2.05) is 31.2 Å². The van der Waals surface area contributed by atoms with Crippen LogP contribution in [0.1, 0.15) is 48.4 Å². The molecule has 0 atom stereocenters. The Bertz CT molecular complexity index is 1430. The number of rotatable bonds is 5. The summed E-state index contributed by atoms with van der Waals surface area (Å²) in [6.45, 7) is 5.61. The molecule has 1 fully saturated rings. The zero-order chi connectivity index (χ0) is 27.2. The van der Waals surface area contributed by atoms with Gasteiger partial charge in [0.25, 0.3) is 5.91 Å². The van der Waals surface area contributed by atoms with Gasteiger partial charge >= 0.3 is 6.18 Å². The number of sulfone groups is 1. The SMILES string of the molecule is Cc1cc(C(=O)N2CCC(C(C)(C)S(=O)(=O)c3cccc(C(F)(F)F)c3)CC2)nn1-c1cccc(Br)c1. The second kappa shape index (κ2) is 9.90. The fourth-order valence-corrected chi connectivity index (χ4v) is 6.96. The van der Waals surface area contributed by atoms with E-state index in [2.05, 4.69) is 21.0 Å². The third-order valence-corrected chi connectivity index (χ3v) is 10.2. The molecule has 37 heavy (non-hydrogen) atoms. The van der Waals surface area contributed by atoms with Crippen LogP contribution in [0.4, 0.5) is 13.2 Å². The lowest BCUT2D eigenvalue weighted by atomic mass is 9.86. The van der Waals surface area contributed by atoms with Crippen LogP contribution in [0.15, 0.2) is 64.0 Å². The quantitative estimate of drug-likeness (QED) is 0.358. The summed E-state index contributed by atoms with van der Waals surface area (Å²) in [4.78, 5) is 14.5. The van der Waals surface area contributed by atoms with Gasteiger partial charge in [0, 0.05) is 23.3 Å². The van der Waals surface area contributed by atoms with Gasteiger partial charge in [-0.05, 0) is 82.0 Å². The molecule has 0 radical (unpaired) electrons. The molecule has 3 aromatic rings.